The Bertz CT molecular complexity index is 927. The van der Waals surface area contributed by atoms with Crippen LogP contribution in [0.4, 0.5) is 4.39 Å². The van der Waals surface area contributed by atoms with Gasteiger partial charge in [-0.2, -0.15) is 4.31 Å². The number of nitrogens with one attached hydrogen (secondary N) is 1. The molecule has 0 bridgehead atoms. The van der Waals surface area contributed by atoms with E-state index in [0.29, 0.717) is 13.1 Å². The fraction of sp³-hybridized carbons (Fsp3) is 0.353. The van der Waals surface area contributed by atoms with Gasteiger partial charge < -0.3 is 10.1 Å². The van der Waals surface area contributed by atoms with Crippen LogP contribution in [0.1, 0.15) is 17.7 Å². The Balaban J connectivity index is 1.51. The molecule has 146 valence electrons. The molecule has 1 aromatic carbocycles. The number of halogens is 2. The van der Waals surface area contributed by atoms with Crippen LogP contribution in [-0.2, 0) is 21.4 Å². The maximum Gasteiger partial charge on any atom is 0.258 e. The van der Waals surface area contributed by atoms with Crippen molar-refractivity contribution in [1.82, 2.24) is 9.62 Å². The molecule has 1 aliphatic rings. The molecule has 0 radical (unpaired) electrons. The van der Waals surface area contributed by atoms with Crippen molar-refractivity contribution >= 4 is 38.9 Å². The van der Waals surface area contributed by atoms with Crippen LogP contribution in [-0.4, -0.2) is 38.3 Å². The van der Waals surface area contributed by atoms with E-state index in [0.717, 1.165) is 35.1 Å². The molecule has 1 fully saturated rings. The van der Waals surface area contributed by atoms with E-state index in [1.807, 2.05) is 0 Å². The molecule has 0 unspecified atom stereocenters. The summed E-state index contributed by atoms with van der Waals surface area (Å²) in [5.74, 6) is -0.676. The number of ether oxygens (including phenoxy) is 1. The summed E-state index contributed by atoms with van der Waals surface area (Å²) in [5, 5.41) is 2.74. The van der Waals surface area contributed by atoms with Gasteiger partial charge in [0.15, 0.2) is 6.61 Å². The van der Waals surface area contributed by atoms with Crippen molar-refractivity contribution in [3.8, 4) is 5.75 Å². The third-order valence-corrected chi connectivity index (χ3v) is 7.76. The molecule has 27 heavy (non-hydrogen) atoms. The van der Waals surface area contributed by atoms with Gasteiger partial charge in [-0.15, -0.1) is 11.3 Å². The topological polar surface area (TPSA) is 75.7 Å². The van der Waals surface area contributed by atoms with Gasteiger partial charge in [0.25, 0.3) is 15.9 Å². The summed E-state index contributed by atoms with van der Waals surface area (Å²) >= 11 is 6.97. The molecule has 0 aliphatic carbocycles. The fourth-order valence-corrected chi connectivity index (χ4v) is 5.81. The number of hydrogen-bond donors (Lipinski definition) is 1. The Kier molecular flexibility index (Phi) is 6.36. The van der Waals surface area contributed by atoms with Gasteiger partial charge in [0, 0.05) is 18.0 Å². The quantitative estimate of drug-likeness (QED) is 0.729. The molecule has 1 aliphatic heterocycles. The van der Waals surface area contributed by atoms with Crippen molar-refractivity contribution in [2.75, 3.05) is 19.7 Å². The highest BCUT2D eigenvalue weighted by molar-refractivity contribution is 7.91. The maximum absolute atomic E-state index is 13.0. The second-order valence-electron chi connectivity index (χ2n) is 5.97. The van der Waals surface area contributed by atoms with Gasteiger partial charge in [-0.1, -0.05) is 11.6 Å². The largest absolute Gasteiger partial charge is 0.482 e. The number of benzene rings is 1. The van der Waals surface area contributed by atoms with E-state index in [9.17, 15) is 17.6 Å². The summed E-state index contributed by atoms with van der Waals surface area (Å²) in [6.07, 6.45) is 1.76. The lowest BCUT2D eigenvalue weighted by molar-refractivity contribution is -0.123. The van der Waals surface area contributed by atoms with Crippen LogP contribution in [0, 0.1) is 5.82 Å². The van der Waals surface area contributed by atoms with E-state index in [2.05, 4.69) is 5.32 Å². The SMILES string of the molecule is O=C(COc1ccc(F)cc1Cl)NCc1ccc(S(=O)(=O)N2CCCC2)s1. The molecule has 1 saturated heterocycles. The van der Waals surface area contributed by atoms with E-state index in [1.165, 1.54) is 16.4 Å². The molecule has 2 aromatic rings. The minimum absolute atomic E-state index is 0.0813. The number of sulfonamides is 1. The van der Waals surface area contributed by atoms with Crippen LogP contribution in [0.5, 0.6) is 5.75 Å². The Morgan fingerprint density at radius 1 is 1.26 bits per heavy atom. The molecule has 1 N–H and O–H groups in total. The fourth-order valence-electron chi connectivity index (χ4n) is 2.62. The first-order valence-electron chi connectivity index (χ1n) is 8.30. The van der Waals surface area contributed by atoms with Crippen LogP contribution >= 0.6 is 22.9 Å². The summed E-state index contributed by atoms with van der Waals surface area (Å²) in [5.41, 5.74) is 0. The lowest BCUT2D eigenvalue weighted by Gasteiger charge is -2.13. The van der Waals surface area contributed by atoms with Crippen molar-refractivity contribution in [1.29, 1.82) is 0 Å². The zero-order valence-corrected chi connectivity index (χ0v) is 16.7. The number of rotatable bonds is 7. The number of carbonyl (C=O) groups excluding carboxylic acids is 1. The predicted octanol–water partition coefficient (Wildman–Crippen LogP) is 3.02. The Morgan fingerprint density at radius 2 is 2.00 bits per heavy atom. The molecule has 10 heteroatoms. The van der Waals surface area contributed by atoms with E-state index in [4.69, 9.17) is 16.3 Å². The normalized spacial score (nSPS) is 15.0. The molecule has 1 amide bonds. The van der Waals surface area contributed by atoms with Gasteiger partial charge in [0.05, 0.1) is 11.6 Å². The average molecular weight is 433 g/mol. The highest BCUT2D eigenvalue weighted by Gasteiger charge is 2.28. The van der Waals surface area contributed by atoms with Crippen molar-refractivity contribution in [3.05, 3.63) is 46.0 Å². The second-order valence-corrected chi connectivity index (χ2v) is 9.71. The summed E-state index contributed by atoms with van der Waals surface area (Å²) in [6, 6.07) is 6.88. The van der Waals surface area contributed by atoms with Crippen molar-refractivity contribution in [2.45, 2.75) is 23.6 Å². The predicted molar refractivity (Wildman–Crippen MR) is 101 cm³/mol. The summed E-state index contributed by atoms with van der Waals surface area (Å²) in [6.45, 7) is 1.01. The minimum atomic E-state index is -3.44. The molecule has 6 nitrogen and oxygen atoms in total. The molecule has 0 atom stereocenters. The van der Waals surface area contributed by atoms with E-state index in [-0.39, 0.29) is 28.1 Å². The van der Waals surface area contributed by atoms with Gasteiger partial charge in [-0.3, -0.25) is 4.79 Å². The summed E-state index contributed by atoms with van der Waals surface area (Å²) < 4.78 is 45.0. The average Bonchev–Trinajstić information content (AvgIpc) is 3.31. The summed E-state index contributed by atoms with van der Waals surface area (Å²) in [7, 11) is -3.44. The minimum Gasteiger partial charge on any atom is -0.482 e. The maximum atomic E-state index is 13.0. The second kappa shape index (κ2) is 8.55. The number of thiophene rings is 1. The monoisotopic (exact) mass is 432 g/mol. The number of carbonyl (C=O) groups is 1. The summed E-state index contributed by atoms with van der Waals surface area (Å²) in [4.78, 5) is 12.6. The van der Waals surface area contributed by atoms with Gasteiger partial charge in [-0.05, 0) is 43.2 Å². The smallest absolute Gasteiger partial charge is 0.258 e. The highest BCUT2D eigenvalue weighted by Crippen LogP contribution is 2.27. The molecule has 0 saturated carbocycles. The van der Waals surface area contributed by atoms with Gasteiger partial charge in [-0.25, -0.2) is 12.8 Å². The van der Waals surface area contributed by atoms with Crippen LogP contribution in [0.3, 0.4) is 0 Å². The van der Waals surface area contributed by atoms with Gasteiger partial charge in [0.1, 0.15) is 15.8 Å². The van der Waals surface area contributed by atoms with E-state index in [1.54, 1.807) is 12.1 Å². The lowest BCUT2D eigenvalue weighted by Crippen LogP contribution is -2.28. The first-order chi connectivity index (χ1) is 12.9. The highest BCUT2D eigenvalue weighted by atomic mass is 35.5. The zero-order chi connectivity index (χ0) is 19.4. The molecule has 0 spiro atoms. The number of hydrogen-bond acceptors (Lipinski definition) is 5. The van der Waals surface area contributed by atoms with Crippen LogP contribution < -0.4 is 10.1 Å². The first-order valence-corrected chi connectivity index (χ1v) is 10.9. The first kappa shape index (κ1) is 20.1. The van der Waals surface area contributed by atoms with Gasteiger partial charge >= 0.3 is 0 Å². The molecular weight excluding hydrogens is 415 g/mol. The molecule has 1 aromatic heterocycles. The van der Waals surface area contributed by atoms with E-state index < -0.39 is 21.7 Å². The lowest BCUT2D eigenvalue weighted by atomic mass is 10.3. The number of amides is 1. The van der Waals surface area contributed by atoms with Crippen molar-refractivity contribution < 1.29 is 22.3 Å². The Morgan fingerprint density at radius 3 is 2.70 bits per heavy atom. The third kappa shape index (κ3) is 4.98. The van der Waals surface area contributed by atoms with Crippen LogP contribution in [0.25, 0.3) is 0 Å². The number of nitrogens with zero attached hydrogens (tertiary/aromatic N) is 1. The third-order valence-electron chi connectivity index (χ3n) is 4.01. The van der Waals surface area contributed by atoms with Crippen molar-refractivity contribution in [2.24, 2.45) is 0 Å². The van der Waals surface area contributed by atoms with E-state index >= 15 is 0 Å². The molecular formula is C17H18ClFN2O4S2. The Hall–Kier alpha value is -1.68. The van der Waals surface area contributed by atoms with Crippen LogP contribution in [0.2, 0.25) is 5.02 Å². The van der Waals surface area contributed by atoms with Gasteiger partial charge in [0.2, 0.25) is 0 Å². The Labute approximate surface area is 165 Å². The van der Waals surface area contributed by atoms with Crippen LogP contribution in [0.15, 0.2) is 34.5 Å². The molecule has 2 heterocycles. The van der Waals surface area contributed by atoms with Crippen molar-refractivity contribution in [3.63, 3.8) is 0 Å². The zero-order valence-electron chi connectivity index (χ0n) is 14.3. The molecule has 3 rings (SSSR count). The standard InChI is InChI=1S/C17H18ClFN2O4S2/c18-14-9-12(19)3-5-15(14)25-11-16(22)20-10-13-4-6-17(26-13)27(23,24)21-7-1-2-8-21/h3-6,9H,1-2,7-8,10-11H2,(H,20,22).